The predicted molar refractivity (Wildman–Crippen MR) is 63.5 cm³/mol. The van der Waals surface area contributed by atoms with Crippen LogP contribution in [0.4, 0.5) is 10.8 Å². The van der Waals surface area contributed by atoms with Crippen molar-refractivity contribution in [2.24, 2.45) is 0 Å². The van der Waals surface area contributed by atoms with Crippen LogP contribution in [0.3, 0.4) is 0 Å². The molecule has 2 aromatic rings. The number of nitrogens with zero attached hydrogens (tertiary/aromatic N) is 1. The summed E-state index contributed by atoms with van der Waals surface area (Å²) in [5.41, 5.74) is 2.05. The lowest BCUT2D eigenvalue weighted by Gasteiger charge is -2.02. The highest BCUT2D eigenvalue weighted by molar-refractivity contribution is 7.17. The van der Waals surface area contributed by atoms with Crippen molar-refractivity contribution < 1.29 is 9.90 Å². The quantitative estimate of drug-likeness (QED) is 0.857. The van der Waals surface area contributed by atoms with Gasteiger partial charge in [0, 0.05) is 5.69 Å². The molecule has 1 heterocycles. The zero-order valence-corrected chi connectivity index (χ0v) is 9.41. The number of aromatic nitrogens is 1. The van der Waals surface area contributed by atoms with E-state index in [2.05, 4.69) is 10.3 Å². The van der Waals surface area contributed by atoms with Crippen LogP contribution in [0.5, 0.6) is 0 Å². The van der Waals surface area contributed by atoms with Gasteiger partial charge in [-0.3, -0.25) is 0 Å². The molecule has 0 fully saturated rings. The second-order valence-electron chi connectivity index (χ2n) is 3.33. The maximum absolute atomic E-state index is 10.7. The monoisotopic (exact) mass is 234 g/mol. The molecule has 0 radical (unpaired) electrons. The normalized spacial score (nSPS) is 10.1. The number of aryl methyl sites for hydroxylation is 1. The lowest BCUT2D eigenvalue weighted by molar-refractivity contribution is 0.0702. The van der Waals surface area contributed by atoms with Crippen LogP contribution in [0.25, 0.3) is 0 Å². The second kappa shape index (κ2) is 4.32. The van der Waals surface area contributed by atoms with Crippen LogP contribution in [-0.2, 0) is 0 Å². The topological polar surface area (TPSA) is 62.2 Å². The van der Waals surface area contributed by atoms with Gasteiger partial charge in [0.05, 0.1) is 6.20 Å². The molecule has 1 aromatic carbocycles. The summed E-state index contributed by atoms with van der Waals surface area (Å²) >= 11 is 1.12. The first-order valence-corrected chi connectivity index (χ1v) is 5.49. The van der Waals surface area contributed by atoms with Crippen molar-refractivity contribution in [2.75, 3.05) is 5.32 Å². The highest BCUT2D eigenvalue weighted by Crippen LogP contribution is 2.22. The average molecular weight is 234 g/mol. The first-order chi connectivity index (χ1) is 7.65. The Morgan fingerprint density at radius 1 is 1.50 bits per heavy atom. The molecule has 0 saturated carbocycles. The Kier molecular flexibility index (Phi) is 2.87. The molecular formula is C11H10N2O2S. The number of thiazole rings is 1. The smallest absolute Gasteiger partial charge is 0.347 e. The van der Waals surface area contributed by atoms with Crippen molar-refractivity contribution in [3.05, 3.63) is 40.9 Å². The van der Waals surface area contributed by atoms with E-state index in [-0.39, 0.29) is 4.88 Å². The van der Waals surface area contributed by atoms with Crippen LogP contribution in [0.2, 0.25) is 0 Å². The summed E-state index contributed by atoms with van der Waals surface area (Å²) in [5.74, 6) is -0.949. The van der Waals surface area contributed by atoms with E-state index < -0.39 is 5.97 Å². The summed E-state index contributed by atoms with van der Waals surface area (Å²) in [4.78, 5) is 14.9. The minimum Gasteiger partial charge on any atom is -0.477 e. The summed E-state index contributed by atoms with van der Waals surface area (Å²) in [5, 5.41) is 12.4. The first-order valence-electron chi connectivity index (χ1n) is 4.68. The second-order valence-corrected chi connectivity index (χ2v) is 4.36. The highest BCUT2D eigenvalue weighted by Gasteiger charge is 2.08. The number of aromatic carboxylic acids is 1. The van der Waals surface area contributed by atoms with E-state index >= 15 is 0 Å². The van der Waals surface area contributed by atoms with Crippen molar-refractivity contribution >= 4 is 28.1 Å². The van der Waals surface area contributed by atoms with Crippen molar-refractivity contribution in [2.45, 2.75) is 6.92 Å². The van der Waals surface area contributed by atoms with E-state index in [1.54, 1.807) is 0 Å². The Bertz CT molecular complexity index is 522. The van der Waals surface area contributed by atoms with Crippen molar-refractivity contribution in [1.29, 1.82) is 0 Å². The maximum atomic E-state index is 10.7. The van der Waals surface area contributed by atoms with Crippen LogP contribution >= 0.6 is 11.3 Å². The number of carboxylic acid groups (broad SMARTS) is 1. The summed E-state index contributed by atoms with van der Waals surface area (Å²) in [6, 6.07) is 7.82. The van der Waals surface area contributed by atoms with Gasteiger partial charge in [0.1, 0.15) is 4.88 Å². The molecule has 2 N–H and O–H groups in total. The van der Waals surface area contributed by atoms with Crippen molar-refractivity contribution in [3.8, 4) is 0 Å². The van der Waals surface area contributed by atoms with Gasteiger partial charge in [-0.25, -0.2) is 9.78 Å². The minimum absolute atomic E-state index is 0.232. The van der Waals surface area contributed by atoms with Gasteiger partial charge in [-0.15, -0.1) is 0 Å². The van der Waals surface area contributed by atoms with E-state index in [0.717, 1.165) is 22.6 Å². The Balaban J connectivity index is 2.17. The number of hydrogen-bond donors (Lipinski definition) is 2. The summed E-state index contributed by atoms with van der Waals surface area (Å²) in [6.07, 6.45) is 1.35. The van der Waals surface area contributed by atoms with E-state index in [4.69, 9.17) is 5.11 Å². The van der Waals surface area contributed by atoms with Gasteiger partial charge in [-0.05, 0) is 24.6 Å². The Labute approximate surface area is 96.6 Å². The van der Waals surface area contributed by atoms with Gasteiger partial charge in [0.25, 0.3) is 0 Å². The molecule has 0 aliphatic carbocycles. The van der Waals surface area contributed by atoms with Gasteiger partial charge >= 0.3 is 5.97 Å². The highest BCUT2D eigenvalue weighted by atomic mass is 32.1. The van der Waals surface area contributed by atoms with Crippen LogP contribution in [0.15, 0.2) is 30.5 Å². The molecule has 0 bridgehead atoms. The lowest BCUT2D eigenvalue weighted by atomic mass is 10.2. The molecule has 0 aliphatic rings. The Morgan fingerprint density at radius 2 is 2.31 bits per heavy atom. The molecule has 82 valence electrons. The molecule has 5 heteroatoms. The molecule has 2 rings (SSSR count). The van der Waals surface area contributed by atoms with Gasteiger partial charge < -0.3 is 10.4 Å². The van der Waals surface area contributed by atoms with Crippen LogP contribution in [-0.4, -0.2) is 16.1 Å². The zero-order valence-electron chi connectivity index (χ0n) is 8.60. The first kappa shape index (κ1) is 10.6. The molecule has 0 amide bonds. The summed E-state index contributed by atoms with van der Waals surface area (Å²) in [6.45, 7) is 2.00. The Morgan fingerprint density at radius 3 is 2.94 bits per heavy atom. The number of benzene rings is 1. The molecule has 4 nitrogen and oxygen atoms in total. The van der Waals surface area contributed by atoms with Gasteiger partial charge in [-0.1, -0.05) is 23.5 Å². The zero-order chi connectivity index (χ0) is 11.5. The molecule has 1 aromatic heterocycles. The van der Waals surface area contributed by atoms with E-state index in [0.29, 0.717) is 5.13 Å². The van der Waals surface area contributed by atoms with Crippen molar-refractivity contribution in [3.63, 3.8) is 0 Å². The SMILES string of the molecule is Cc1cccc(Nc2ncc(C(=O)O)s2)c1. The molecule has 0 aliphatic heterocycles. The summed E-state index contributed by atoms with van der Waals surface area (Å²) in [7, 11) is 0. The van der Waals surface area contributed by atoms with Crippen molar-refractivity contribution in [1.82, 2.24) is 4.98 Å². The molecular weight excluding hydrogens is 224 g/mol. The maximum Gasteiger partial charge on any atom is 0.347 e. The van der Waals surface area contributed by atoms with E-state index in [1.807, 2.05) is 31.2 Å². The molecule has 0 spiro atoms. The van der Waals surface area contributed by atoms with E-state index in [9.17, 15) is 4.79 Å². The van der Waals surface area contributed by atoms with Crippen LogP contribution in [0.1, 0.15) is 15.2 Å². The third kappa shape index (κ3) is 2.38. The number of anilines is 2. The molecule has 16 heavy (non-hydrogen) atoms. The number of hydrogen-bond acceptors (Lipinski definition) is 4. The van der Waals surface area contributed by atoms with Gasteiger partial charge in [-0.2, -0.15) is 0 Å². The molecule has 0 saturated heterocycles. The molecule has 0 unspecified atom stereocenters. The third-order valence-corrected chi connectivity index (χ3v) is 2.89. The standard InChI is InChI=1S/C11H10N2O2S/c1-7-3-2-4-8(5-7)13-11-12-6-9(16-11)10(14)15/h2-6H,1H3,(H,12,13)(H,14,15). The number of carbonyl (C=O) groups is 1. The number of carboxylic acids is 1. The fraction of sp³-hybridized carbons (Fsp3) is 0.0909. The molecule has 0 atom stereocenters. The van der Waals surface area contributed by atoms with Crippen LogP contribution < -0.4 is 5.32 Å². The van der Waals surface area contributed by atoms with Gasteiger partial charge in [0.2, 0.25) is 0 Å². The lowest BCUT2D eigenvalue weighted by Crippen LogP contribution is -1.90. The fourth-order valence-corrected chi connectivity index (χ4v) is 1.95. The number of nitrogens with one attached hydrogen (secondary N) is 1. The third-order valence-electron chi connectivity index (χ3n) is 1.99. The fourth-order valence-electron chi connectivity index (χ4n) is 1.28. The van der Waals surface area contributed by atoms with E-state index in [1.165, 1.54) is 6.20 Å². The summed E-state index contributed by atoms with van der Waals surface area (Å²) < 4.78 is 0. The minimum atomic E-state index is -0.949. The Hall–Kier alpha value is -1.88. The van der Waals surface area contributed by atoms with Gasteiger partial charge in [0.15, 0.2) is 5.13 Å². The predicted octanol–water partition coefficient (Wildman–Crippen LogP) is 2.89. The average Bonchev–Trinajstić information content (AvgIpc) is 2.66. The number of rotatable bonds is 3. The van der Waals surface area contributed by atoms with Crippen LogP contribution in [0, 0.1) is 6.92 Å². The largest absolute Gasteiger partial charge is 0.477 e.